The molecule has 0 bridgehead atoms. The normalized spacial score (nSPS) is 28.3. The molecule has 2 N–H and O–H groups in total. The minimum Gasteiger partial charge on any atom is -0.361 e. The van der Waals surface area contributed by atoms with Crippen LogP contribution in [0.4, 0.5) is 0 Å². The Morgan fingerprint density at radius 1 is 1.67 bits per heavy atom. The first-order valence-electron chi connectivity index (χ1n) is 3.38. The van der Waals surface area contributed by atoms with Gasteiger partial charge in [0.25, 0.3) is 0 Å². The van der Waals surface area contributed by atoms with Gasteiger partial charge in [-0.1, -0.05) is 0 Å². The van der Waals surface area contributed by atoms with E-state index in [9.17, 15) is 0 Å². The fourth-order valence-corrected chi connectivity index (χ4v) is 0.955. The quantitative estimate of drug-likeness (QED) is 0.555. The Morgan fingerprint density at radius 2 is 2.56 bits per heavy atom. The number of nitrogens with zero attached hydrogens (tertiary/aromatic N) is 1. The zero-order valence-electron chi connectivity index (χ0n) is 5.55. The van der Waals surface area contributed by atoms with Crippen LogP contribution in [0.25, 0.3) is 0 Å². The lowest BCUT2D eigenvalue weighted by Crippen LogP contribution is -2.30. The van der Waals surface area contributed by atoms with Crippen molar-refractivity contribution in [2.24, 2.45) is 5.73 Å². The monoisotopic (exact) mass is 129 g/mol. The van der Waals surface area contributed by atoms with Crippen molar-refractivity contribution < 1.29 is 4.74 Å². The Kier molecular flexibility index (Phi) is 2.97. The molecule has 3 heteroatoms. The van der Waals surface area contributed by atoms with Crippen LogP contribution in [0.3, 0.4) is 0 Å². The van der Waals surface area contributed by atoms with Crippen LogP contribution in [0, 0.1) is 0 Å². The van der Waals surface area contributed by atoms with Crippen molar-refractivity contribution in [3.63, 3.8) is 0 Å². The lowest BCUT2D eigenvalue weighted by Gasteiger charge is -2.21. The predicted molar refractivity (Wildman–Crippen MR) is 35.0 cm³/mol. The number of ether oxygens (including phenoxy) is 1. The van der Waals surface area contributed by atoms with E-state index in [0.717, 1.165) is 25.9 Å². The molecule has 1 saturated heterocycles. The van der Waals surface area contributed by atoms with Gasteiger partial charge in [0.2, 0.25) is 0 Å². The van der Waals surface area contributed by atoms with E-state index in [1.807, 2.05) is 0 Å². The first-order valence-corrected chi connectivity index (χ1v) is 3.38. The molecule has 1 aliphatic rings. The molecule has 1 unspecified atom stereocenters. The van der Waals surface area contributed by atoms with Crippen LogP contribution in [0.2, 0.25) is 0 Å². The molecule has 1 fully saturated rings. The molecule has 0 aliphatic carbocycles. The second kappa shape index (κ2) is 3.82. The zero-order chi connectivity index (χ0) is 6.53. The highest BCUT2D eigenvalue weighted by molar-refractivity contribution is 4.63. The summed E-state index contributed by atoms with van der Waals surface area (Å²) in [6.45, 7) is 2.25. The van der Waals surface area contributed by atoms with Crippen molar-refractivity contribution in [2.75, 3.05) is 19.8 Å². The fourth-order valence-electron chi connectivity index (χ4n) is 0.955. The molecule has 0 aromatic carbocycles. The van der Waals surface area contributed by atoms with Gasteiger partial charge in [0.1, 0.15) is 6.73 Å². The van der Waals surface area contributed by atoms with E-state index in [4.69, 9.17) is 10.5 Å². The maximum absolute atomic E-state index is 5.35. The second-order valence-corrected chi connectivity index (χ2v) is 2.23. The second-order valence-electron chi connectivity index (χ2n) is 2.23. The van der Waals surface area contributed by atoms with E-state index in [1.165, 1.54) is 0 Å². The Labute approximate surface area is 55.6 Å². The lowest BCUT2D eigenvalue weighted by atomic mass is 10.2. The molecule has 1 aliphatic heterocycles. The van der Waals surface area contributed by atoms with Gasteiger partial charge in [-0.3, -0.25) is 0 Å². The highest BCUT2D eigenvalue weighted by Crippen LogP contribution is 2.05. The molecule has 1 radical (unpaired) electrons. The number of hydrogen-bond acceptors (Lipinski definition) is 2. The van der Waals surface area contributed by atoms with E-state index in [-0.39, 0.29) is 0 Å². The summed E-state index contributed by atoms with van der Waals surface area (Å²) in [6, 6.07) is 0. The van der Waals surface area contributed by atoms with Crippen molar-refractivity contribution in [3.05, 3.63) is 0 Å². The smallest absolute Gasteiger partial charge is 0.112 e. The third-order valence-electron chi connectivity index (χ3n) is 1.50. The van der Waals surface area contributed by atoms with Crippen LogP contribution in [-0.4, -0.2) is 25.9 Å². The van der Waals surface area contributed by atoms with Crippen molar-refractivity contribution in [1.29, 1.82) is 0 Å². The number of hydrogen-bond donors (Lipinski definition) is 1. The summed E-state index contributed by atoms with van der Waals surface area (Å²) in [5.41, 5.74) is 5.35. The minimum absolute atomic E-state index is 0.382. The highest BCUT2D eigenvalue weighted by Gasteiger charge is 2.11. The molecule has 0 aromatic rings. The standard InChI is InChI=1S/C6H13N2O/c7-3-1-6-2-4-8-5-9-6/h6H,1-5,7H2. The molecule has 0 amide bonds. The van der Waals surface area contributed by atoms with E-state index in [2.05, 4.69) is 5.32 Å². The van der Waals surface area contributed by atoms with Crippen LogP contribution in [0.5, 0.6) is 0 Å². The molecule has 1 heterocycles. The predicted octanol–water partition coefficient (Wildman–Crippen LogP) is -0.314. The summed E-state index contributed by atoms with van der Waals surface area (Å²) >= 11 is 0. The van der Waals surface area contributed by atoms with Crippen molar-refractivity contribution in [2.45, 2.75) is 18.9 Å². The maximum Gasteiger partial charge on any atom is 0.112 e. The van der Waals surface area contributed by atoms with Gasteiger partial charge in [0.15, 0.2) is 0 Å². The Hall–Kier alpha value is -0.120. The van der Waals surface area contributed by atoms with Crippen LogP contribution in [-0.2, 0) is 4.74 Å². The maximum atomic E-state index is 5.35. The summed E-state index contributed by atoms with van der Waals surface area (Å²) in [4.78, 5) is 0. The molecule has 1 rings (SSSR count). The molecule has 0 saturated carbocycles. The van der Waals surface area contributed by atoms with Gasteiger partial charge < -0.3 is 10.5 Å². The summed E-state index contributed by atoms with van der Waals surface area (Å²) in [5.74, 6) is 0. The topological polar surface area (TPSA) is 49.4 Å². The first kappa shape index (κ1) is 6.99. The van der Waals surface area contributed by atoms with Gasteiger partial charge in [0.05, 0.1) is 6.10 Å². The van der Waals surface area contributed by atoms with Crippen molar-refractivity contribution in [1.82, 2.24) is 5.32 Å². The van der Waals surface area contributed by atoms with Crippen LogP contribution in [0.1, 0.15) is 12.8 Å². The SMILES string of the molecule is NCCC1CC[N]CO1. The van der Waals surface area contributed by atoms with E-state index in [1.54, 1.807) is 0 Å². The minimum atomic E-state index is 0.382. The van der Waals surface area contributed by atoms with Gasteiger partial charge in [-0.05, 0) is 19.4 Å². The fraction of sp³-hybridized carbons (Fsp3) is 1.00. The van der Waals surface area contributed by atoms with Gasteiger partial charge in [-0.2, -0.15) is 0 Å². The molecule has 53 valence electrons. The van der Waals surface area contributed by atoms with Crippen LogP contribution < -0.4 is 11.1 Å². The third-order valence-corrected chi connectivity index (χ3v) is 1.50. The molecule has 0 aromatic heterocycles. The third kappa shape index (κ3) is 2.30. The largest absolute Gasteiger partial charge is 0.361 e. The van der Waals surface area contributed by atoms with Crippen LogP contribution in [0.15, 0.2) is 0 Å². The Bertz CT molecular complexity index is 68.7. The van der Waals surface area contributed by atoms with Gasteiger partial charge in [-0.25, -0.2) is 5.32 Å². The highest BCUT2D eigenvalue weighted by atomic mass is 16.5. The molecule has 3 nitrogen and oxygen atoms in total. The summed E-state index contributed by atoms with van der Waals surface area (Å²) in [5, 5.41) is 4.05. The zero-order valence-corrected chi connectivity index (χ0v) is 5.55. The Balaban J connectivity index is 2.08. The van der Waals surface area contributed by atoms with E-state index in [0.29, 0.717) is 12.8 Å². The molecule has 9 heavy (non-hydrogen) atoms. The number of rotatable bonds is 2. The van der Waals surface area contributed by atoms with Gasteiger partial charge in [-0.15, -0.1) is 0 Å². The summed E-state index contributed by atoms with van der Waals surface area (Å²) in [6.07, 6.45) is 2.42. The molecule has 0 spiro atoms. The van der Waals surface area contributed by atoms with Gasteiger partial charge in [0, 0.05) is 6.54 Å². The molecular weight excluding hydrogens is 116 g/mol. The van der Waals surface area contributed by atoms with Crippen LogP contribution >= 0.6 is 0 Å². The van der Waals surface area contributed by atoms with Crippen molar-refractivity contribution >= 4 is 0 Å². The lowest BCUT2D eigenvalue weighted by molar-refractivity contribution is 0.00202. The molecular formula is C6H13N2O. The average Bonchev–Trinajstić information content (AvgIpc) is 1.91. The first-order chi connectivity index (χ1) is 4.43. The molecule has 1 atom stereocenters. The van der Waals surface area contributed by atoms with Gasteiger partial charge >= 0.3 is 0 Å². The Morgan fingerprint density at radius 3 is 3.11 bits per heavy atom. The average molecular weight is 129 g/mol. The van der Waals surface area contributed by atoms with Crippen molar-refractivity contribution in [3.8, 4) is 0 Å². The summed E-state index contributed by atoms with van der Waals surface area (Å²) in [7, 11) is 0. The van der Waals surface area contributed by atoms with E-state index < -0.39 is 0 Å². The number of nitrogens with two attached hydrogens (primary N) is 1. The van der Waals surface area contributed by atoms with E-state index >= 15 is 0 Å². The summed E-state index contributed by atoms with van der Waals surface area (Å²) < 4.78 is 5.27.